The third-order valence-corrected chi connectivity index (χ3v) is 5.01. The molecule has 0 radical (unpaired) electrons. The van der Waals surface area contributed by atoms with E-state index in [0.29, 0.717) is 0 Å². The fourth-order valence-electron chi connectivity index (χ4n) is 3.10. The van der Waals surface area contributed by atoms with Gasteiger partial charge in [0.25, 0.3) is 0 Å². The average Bonchev–Trinajstić information content (AvgIpc) is 3.18. The lowest BCUT2D eigenvalue weighted by Crippen LogP contribution is -2.19. The minimum atomic E-state index is 0.0407. The minimum absolute atomic E-state index is 0.0407. The number of fused-ring (bicyclic) bond motifs is 1. The van der Waals surface area contributed by atoms with Gasteiger partial charge in [0, 0.05) is 27.6 Å². The van der Waals surface area contributed by atoms with Crippen LogP contribution in [0.1, 0.15) is 31.1 Å². The fourth-order valence-corrected chi connectivity index (χ4v) is 3.95. The molecule has 3 aromatic rings. The Morgan fingerprint density at radius 3 is 2.95 bits per heavy atom. The van der Waals surface area contributed by atoms with Crippen LogP contribution in [0.5, 0.6) is 0 Å². The van der Waals surface area contributed by atoms with Gasteiger partial charge in [0.05, 0.1) is 17.9 Å². The Hall–Kier alpha value is -1.66. The van der Waals surface area contributed by atoms with Crippen LogP contribution in [-0.4, -0.2) is 21.5 Å². The highest BCUT2D eigenvalue weighted by Crippen LogP contribution is 2.38. The fraction of sp³-hybridized carbons (Fsp3) is 0.375. The van der Waals surface area contributed by atoms with Gasteiger partial charge < -0.3 is 9.26 Å². The second-order valence-corrected chi connectivity index (χ2v) is 6.43. The Balaban J connectivity index is 1.87. The predicted molar refractivity (Wildman–Crippen MR) is 86.5 cm³/mol. The molecule has 0 amide bonds. The highest BCUT2D eigenvalue weighted by Gasteiger charge is 2.21. The van der Waals surface area contributed by atoms with Gasteiger partial charge in [-0.2, -0.15) is 5.10 Å². The van der Waals surface area contributed by atoms with Crippen LogP contribution in [0.4, 0.5) is 0 Å². The molecule has 1 fully saturated rings. The number of aryl methyl sites for hydroxylation is 1. The lowest BCUT2D eigenvalue weighted by molar-refractivity contribution is -0.0366. The molecule has 0 saturated carbocycles. The molecule has 1 aromatic carbocycles. The first-order chi connectivity index (χ1) is 10.8. The van der Waals surface area contributed by atoms with Crippen LogP contribution < -0.4 is 0 Å². The number of hydrogen-bond donors (Lipinski definition) is 0. The summed E-state index contributed by atoms with van der Waals surface area (Å²) in [6, 6.07) is 2.16. The summed E-state index contributed by atoms with van der Waals surface area (Å²) in [5.74, 6) is 0. The van der Waals surface area contributed by atoms with E-state index in [4.69, 9.17) is 9.26 Å². The molecule has 1 aliphatic rings. The molecule has 0 bridgehead atoms. The van der Waals surface area contributed by atoms with E-state index in [1.807, 2.05) is 10.9 Å². The van der Waals surface area contributed by atoms with Gasteiger partial charge >= 0.3 is 0 Å². The van der Waals surface area contributed by atoms with Gasteiger partial charge in [-0.1, -0.05) is 5.16 Å². The minimum Gasteiger partial charge on any atom is -0.364 e. The van der Waals surface area contributed by atoms with Crippen molar-refractivity contribution in [3.05, 3.63) is 34.8 Å². The molecular weight excluding hydrogens is 346 g/mol. The maximum absolute atomic E-state index is 5.87. The zero-order valence-corrected chi connectivity index (χ0v) is 13.8. The van der Waals surface area contributed by atoms with Gasteiger partial charge in [0.1, 0.15) is 6.26 Å². The van der Waals surface area contributed by atoms with Crippen molar-refractivity contribution in [2.24, 2.45) is 0 Å². The summed E-state index contributed by atoms with van der Waals surface area (Å²) < 4.78 is 13.9. The molecule has 1 unspecified atom stereocenters. The van der Waals surface area contributed by atoms with Crippen molar-refractivity contribution in [3.8, 4) is 11.1 Å². The molecule has 0 aliphatic carbocycles. The third kappa shape index (κ3) is 2.18. The summed E-state index contributed by atoms with van der Waals surface area (Å²) in [5, 5.41) is 9.45. The number of nitrogens with zero attached hydrogens (tertiary/aromatic N) is 3. The molecular formula is C16H16BrN3O2. The molecule has 1 saturated heterocycles. The molecule has 22 heavy (non-hydrogen) atoms. The Morgan fingerprint density at radius 2 is 2.23 bits per heavy atom. The van der Waals surface area contributed by atoms with Crippen molar-refractivity contribution < 1.29 is 9.26 Å². The van der Waals surface area contributed by atoms with Gasteiger partial charge in [0.15, 0.2) is 6.23 Å². The largest absolute Gasteiger partial charge is 0.364 e. The monoisotopic (exact) mass is 361 g/mol. The number of aromatic nitrogens is 3. The van der Waals surface area contributed by atoms with Crippen LogP contribution in [0.15, 0.2) is 33.7 Å². The first-order valence-corrected chi connectivity index (χ1v) is 8.22. The lowest BCUT2D eigenvalue weighted by Gasteiger charge is -2.23. The van der Waals surface area contributed by atoms with E-state index < -0.39 is 0 Å². The smallest absolute Gasteiger partial charge is 0.150 e. The van der Waals surface area contributed by atoms with Crippen molar-refractivity contribution in [2.45, 2.75) is 32.4 Å². The molecule has 1 atom stereocenters. The molecule has 0 spiro atoms. The Labute approximate surface area is 136 Å². The zero-order valence-electron chi connectivity index (χ0n) is 12.3. The number of hydrogen-bond acceptors (Lipinski definition) is 4. The summed E-state index contributed by atoms with van der Waals surface area (Å²) in [6.45, 7) is 2.90. The van der Waals surface area contributed by atoms with E-state index in [1.54, 1.807) is 12.5 Å². The summed E-state index contributed by atoms with van der Waals surface area (Å²) in [4.78, 5) is 0. The maximum Gasteiger partial charge on any atom is 0.150 e. The van der Waals surface area contributed by atoms with Crippen LogP contribution in [0.25, 0.3) is 22.0 Å². The molecule has 0 N–H and O–H groups in total. The summed E-state index contributed by atoms with van der Waals surface area (Å²) in [5.41, 5.74) is 4.31. The number of ether oxygens (including phenoxy) is 1. The Kier molecular flexibility index (Phi) is 3.50. The van der Waals surface area contributed by atoms with Crippen molar-refractivity contribution in [2.75, 3.05) is 6.61 Å². The van der Waals surface area contributed by atoms with E-state index in [9.17, 15) is 0 Å². The lowest BCUT2D eigenvalue weighted by atomic mass is 10.0. The van der Waals surface area contributed by atoms with Gasteiger partial charge in [-0.05, 0) is 53.7 Å². The molecule has 6 heteroatoms. The second kappa shape index (κ2) is 5.52. The van der Waals surface area contributed by atoms with E-state index in [2.05, 4.69) is 39.2 Å². The SMILES string of the molecule is Cc1cc2c(cnn2C2CCCCO2)c(Br)c1-c1cnoc1. The number of benzene rings is 1. The van der Waals surface area contributed by atoms with Gasteiger partial charge in [-0.15, -0.1) is 0 Å². The van der Waals surface area contributed by atoms with E-state index in [0.717, 1.165) is 51.5 Å². The van der Waals surface area contributed by atoms with Crippen LogP contribution in [-0.2, 0) is 4.74 Å². The second-order valence-electron chi connectivity index (χ2n) is 5.64. The predicted octanol–water partition coefficient (Wildman–Crippen LogP) is 4.46. The molecule has 5 nitrogen and oxygen atoms in total. The standard InChI is InChI=1S/C16H16BrN3O2/c1-10-6-13-12(16(17)15(10)11-7-19-22-9-11)8-18-20(13)14-4-2-3-5-21-14/h6-9,14H,2-5H2,1H3. The third-order valence-electron chi connectivity index (χ3n) is 4.19. The highest BCUT2D eigenvalue weighted by atomic mass is 79.9. The van der Waals surface area contributed by atoms with Gasteiger partial charge in [0.2, 0.25) is 0 Å². The molecule has 114 valence electrons. The van der Waals surface area contributed by atoms with Crippen LogP contribution in [0.3, 0.4) is 0 Å². The molecule has 1 aliphatic heterocycles. The van der Waals surface area contributed by atoms with Crippen molar-refractivity contribution >= 4 is 26.8 Å². The van der Waals surface area contributed by atoms with Crippen molar-refractivity contribution in [1.29, 1.82) is 0 Å². The number of halogens is 1. The summed E-state index contributed by atoms with van der Waals surface area (Å²) in [6.07, 6.45) is 8.66. The first-order valence-electron chi connectivity index (χ1n) is 7.43. The Bertz CT molecular complexity index is 805. The normalized spacial score (nSPS) is 18.9. The van der Waals surface area contributed by atoms with Crippen LogP contribution >= 0.6 is 15.9 Å². The highest BCUT2D eigenvalue weighted by molar-refractivity contribution is 9.10. The summed E-state index contributed by atoms with van der Waals surface area (Å²) >= 11 is 3.73. The van der Waals surface area contributed by atoms with Gasteiger partial charge in [-0.3, -0.25) is 0 Å². The van der Waals surface area contributed by atoms with Crippen LogP contribution in [0.2, 0.25) is 0 Å². The molecule has 4 rings (SSSR count). The van der Waals surface area contributed by atoms with E-state index >= 15 is 0 Å². The quantitative estimate of drug-likeness (QED) is 0.675. The topological polar surface area (TPSA) is 53.1 Å². The Morgan fingerprint density at radius 1 is 1.32 bits per heavy atom. The van der Waals surface area contributed by atoms with Crippen molar-refractivity contribution in [1.82, 2.24) is 14.9 Å². The zero-order chi connectivity index (χ0) is 15.1. The van der Waals surface area contributed by atoms with E-state index in [-0.39, 0.29) is 6.23 Å². The first kappa shape index (κ1) is 14.0. The van der Waals surface area contributed by atoms with E-state index in [1.165, 1.54) is 6.42 Å². The van der Waals surface area contributed by atoms with Crippen LogP contribution in [0, 0.1) is 6.92 Å². The number of rotatable bonds is 2. The average molecular weight is 362 g/mol. The van der Waals surface area contributed by atoms with Crippen molar-refractivity contribution in [3.63, 3.8) is 0 Å². The maximum atomic E-state index is 5.87. The van der Waals surface area contributed by atoms with Gasteiger partial charge in [-0.25, -0.2) is 4.68 Å². The molecule has 3 heterocycles. The summed E-state index contributed by atoms with van der Waals surface area (Å²) in [7, 11) is 0. The molecule has 2 aromatic heterocycles.